The Bertz CT molecular complexity index is 5680. The molecule has 3 aromatic heterocycles. The molecule has 29 nitrogen and oxygen atoms in total. The third-order valence-corrected chi connectivity index (χ3v) is 28.1. The Morgan fingerprint density at radius 3 is 1.19 bits per heavy atom. The number of benzene rings is 6. The lowest BCUT2D eigenvalue weighted by Crippen LogP contribution is -2.55. The standard InChI is InChI=1S/C37H46FN5O4.C36H44FN5O5.C33H39N5O5/c1-23-8-5-6-11-31(23)42-14-16-43(17-15-42)32-20-28(38)27(19-29(32)40-35(46)30-22-47-36(41-30)24-12-13-24)34(45)39-26-10-7-9-25(18-26)33(44)21-37(2,3)4;1-22-8-5-6-11-30(22)41-14-16-42(17-15-41)31-20-27(37)26(19-28(31)39-33(44)29-21-46-34(40-29)23-12-13-23)32(43)38-25-10-7-9-24(18-25)35(45)47-36(2,3)4;1-20-5-2-3-6-26(20)36-13-15-37(16-14-36)28-17-22-11-12-38(27-7-4-8-29(39)30(27)40)33(42)23(22)18-24(28)34-31(41)25-19-43-32(35-25)21-9-10-21/h5-6,8,11,19-20,22,24-26H,7,9-10,12-18,21H2,1-4H3,(H,39,45)(H,40,46);5-6,8,11,19-21,23-25H,7,9-10,12-18H2,1-4H3,(H,38,43)(H,39,44);2-3,5-6,17-19,21,27,29-30,39-40H,4,7-16H2,1H3,(H,34,41)/t25-,26-;24-,25+;27?,29-,30+/m010/s1. The van der Waals surface area contributed by atoms with E-state index in [4.69, 9.17) is 18.0 Å². The fraction of sp³-hybridized carbons (Fsp3) is 0.500. The molecule has 6 saturated carbocycles. The number of oxazole rings is 3. The number of ether oxygens (including phenoxy) is 1. The van der Waals surface area contributed by atoms with Gasteiger partial charge in [0, 0.05) is 162 Å². The Labute approximate surface area is 799 Å². The summed E-state index contributed by atoms with van der Waals surface area (Å²) >= 11 is 0. The number of esters is 1. The summed E-state index contributed by atoms with van der Waals surface area (Å²) in [6.45, 7) is 26.8. The number of amides is 6. The van der Waals surface area contributed by atoms with Crippen LogP contribution in [0.3, 0.4) is 0 Å². The first kappa shape index (κ1) is 96.2. The fourth-order valence-electron chi connectivity index (χ4n) is 20.2. The predicted octanol–water partition coefficient (Wildman–Crippen LogP) is 16.8. The summed E-state index contributed by atoms with van der Waals surface area (Å²) in [5.41, 5.74) is 11.2. The number of carbonyl (C=O) groups excluding carboxylic acids is 8. The van der Waals surface area contributed by atoms with Crippen molar-refractivity contribution in [2.45, 2.75) is 238 Å². The smallest absolute Gasteiger partial charge is 0.309 e. The Morgan fingerprint density at radius 2 is 0.803 bits per heavy atom. The van der Waals surface area contributed by atoms with Gasteiger partial charge in [0.05, 0.1) is 63.3 Å². The van der Waals surface area contributed by atoms with Gasteiger partial charge in [0.1, 0.15) is 47.9 Å². The molecule has 726 valence electrons. The molecule has 6 aliphatic carbocycles. The lowest BCUT2D eigenvalue weighted by atomic mass is 9.78. The van der Waals surface area contributed by atoms with Gasteiger partial charge >= 0.3 is 5.97 Å². The van der Waals surface area contributed by atoms with Crippen LogP contribution in [0, 0.1) is 49.7 Å². The molecular weight excluding hydrogens is 1750 g/mol. The third-order valence-electron chi connectivity index (χ3n) is 28.1. The van der Waals surface area contributed by atoms with Crippen LogP contribution in [0.1, 0.15) is 277 Å². The van der Waals surface area contributed by atoms with Gasteiger partial charge in [-0.25, -0.2) is 23.7 Å². The van der Waals surface area contributed by atoms with Crippen molar-refractivity contribution in [1.82, 2.24) is 30.5 Å². The number of nitrogens with zero attached hydrogens (tertiary/aromatic N) is 10. The molecule has 6 aromatic carbocycles. The SMILES string of the molecule is Cc1ccccc1N1CCN(c2cc(F)c(C(=O)N[C@H]3CCC[C@@H](C(=O)OC(C)(C)C)C3)cc2NC(=O)c2coc(C3CC3)n2)CC1.Cc1ccccc1N1CCN(c2cc(F)c(C(=O)N[C@H]3CCC[C@H](C(=O)CC(C)(C)C)C3)cc2NC(=O)c2coc(C3CC3)n2)CC1.Cc1ccccc1N1CCN(c2cc3c(cc2NC(=O)c2coc(C4CC4)n2)C(=O)N(C2CCC[C@H](O)[C@@H]2O)CC3)CC1. The predicted molar refractivity (Wildman–Crippen MR) is 521 cm³/mol. The number of carbonyl (C=O) groups is 8. The number of hydrogen-bond donors (Lipinski definition) is 7. The van der Waals surface area contributed by atoms with Gasteiger partial charge in [-0.15, -0.1) is 0 Å². The van der Waals surface area contributed by atoms with Gasteiger partial charge in [-0.05, 0) is 214 Å². The highest BCUT2D eigenvalue weighted by atomic mass is 19.1. The summed E-state index contributed by atoms with van der Waals surface area (Å²) in [6.07, 6.45) is 16.8. The number of aromatic nitrogens is 3. The molecule has 19 rings (SSSR count). The van der Waals surface area contributed by atoms with Crippen LogP contribution in [0.15, 0.2) is 141 Å². The van der Waals surface area contributed by atoms with E-state index in [-0.39, 0.29) is 92.9 Å². The molecule has 9 aromatic rings. The number of piperazine rings is 3. The maximum Gasteiger partial charge on any atom is 0.309 e. The van der Waals surface area contributed by atoms with Crippen molar-refractivity contribution < 1.29 is 75.3 Å². The average Bonchev–Trinajstić information content (AvgIpc) is 1.09. The second kappa shape index (κ2) is 41.4. The van der Waals surface area contributed by atoms with Crippen LogP contribution < -0.4 is 56.0 Å². The van der Waals surface area contributed by atoms with Gasteiger partial charge in [0.15, 0.2) is 34.8 Å². The molecular formula is C106H129F2N15O14. The summed E-state index contributed by atoms with van der Waals surface area (Å²) < 4.78 is 53.9. The number of fused-ring (bicyclic) bond motifs is 1. The normalized spacial score (nSPS) is 21.4. The monoisotopic (exact) mass is 1870 g/mol. The number of para-hydroxylation sites is 3. The second-order valence-electron chi connectivity index (χ2n) is 41.0. The minimum Gasteiger partial charge on any atom is -0.460 e. The fourth-order valence-corrected chi connectivity index (χ4v) is 20.2. The van der Waals surface area contributed by atoms with Crippen LogP contribution in [0.4, 0.5) is 60.0 Å². The molecule has 6 amide bonds. The number of aliphatic hydroxyl groups excluding tert-OH is 2. The van der Waals surface area contributed by atoms with Crippen LogP contribution in [0.25, 0.3) is 0 Å². The van der Waals surface area contributed by atoms with Crippen LogP contribution in [-0.4, -0.2) is 198 Å². The highest BCUT2D eigenvalue weighted by molar-refractivity contribution is 6.09. The first-order valence-corrected chi connectivity index (χ1v) is 49.1. The number of rotatable bonds is 23. The van der Waals surface area contributed by atoms with E-state index in [1.54, 1.807) is 11.0 Å². The van der Waals surface area contributed by atoms with Crippen LogP contribution in [0.5, 0.6) is 0 Å². The van der Waals surface area contributed by atoms with E-state index < -0.39 is 59.1 Å². The van der Waals surface area contributed by atoms with E-state index in [0.29, 0.717) is 168 Å². The summed E-state index contributed by atoms with van der Waals surface area (Å²) in [6, 6.07) is 33.2. The van der Waals surface area contributed by atoms with Crippen LogP contribution in [-0.2, 0) is 20.7 Å². The summed E-state index contributed by atoms with van der Waals surface area (Å²) in [5.74, 6) is -2.06. The molecule has 7 N–H and O–H groups in total. The number of halogens is 2. The number of ketones is 1. The zero-order valence-electron chi connectivity index (χ0n) is 80.0. The number of nitrogens with one attached hydrogen (secondary N) is 5. The summed E-state index contributed by atoms with van der Waals surface area (Å²) in [4.78, 5) is 135. The van der Waals surface area contributed by atoms with Gasteiger partial charge < -0.3 is 89.1 Å². The van der Waals surface area contributed by atoms with E-state index in [1.165, 1.54) is 71.1 Å². The second-order valence-corrected chi connectivity index (χ2v) is 41.0. The van der Waals surface area contributed by atoms with Crippen molar-refractivity contribution in [2.24, 2.45) is 17.3 Å². The van der Waals surface area contributed by atoms with E-state index in [2.05, 4.69) is 151 Å². The molecule has 0 spiro atoms. The Hall–Kier alpha value is -12.5. The molecule has 3 saturated heterocycles. The van der Waals surface area contributed by atoms with E-state index in [0.717, 1.165) is 114 Å². The van der Waals surface area contributed by atoms with E-state index in [9.17, 15) is 48.6 Å². The molecule has 137 heavy (non-hydrogen) atoms. The molecule has 7 heterocycles. The number of aryl methyl sites for hydroxylation is 3. The van der Waals surface area contributed by atoms with Crippen molar-refractivity contribution in [3.63, 3.8) is 0 Å². The molecule has 0 bridgehead atoms. The van der Waals surface area contributed by atoms with Crippen molar-refractivity contribution in [1.29, 1.82) is 0 Å². The average molecular weight is 1880 g/mol. The minimum absolute atomic E-state index is 0.0996. The number of anilines is 9. The van der Waals surface area contributed by atoms with Gasteiger partial charge in [-0.3, -0.25) is 38.4 Å². The molecule has 0 radical (unpaired) electrons. The first-order valence-electron chi connectivity index (χ1n) is 49.1. The zero-order chi connectivity index (χ0) is 96.3. The lowest BCUT2D eigenvalue weighted by molar-refractivity contribution is -0.161. The first-order chi connectivity index (χ1) is 65.8. The molecule has 4 aliphatic heterocycles. The number of aliphatic hydroxyl groups is 2. The van der Waals surface area contributed by atoms with Crippen LogP contribution in [0.2, 0.25) is 0 Å². The van der Waals surface area contributed by atoms with Crippen molar-refractivity contribution in [3.05, 3.63) is 213 Å². The van der Waals surface area contributed by atoms with Gasteiger partial charge in [-0.2, -0.15) is 0 Å². The molecule has 9 fully saturated rings. The topological polar surface area (TPSA) is 347 Å². The zero-order valence-corrected chi connectivity index (χ0v) is 80.0. The third kappa shape index (κ3) is 23.3. The van der Waals surface area contributed by atoms with Crippen molar-refractivity contribution in [2.75, 3.05) is 130 Å². The molecule has 10 aliphatic rings. The number of hydrogen-bond acceptors (Lipinski definition) is 23. The number of Topliss-reactive ketones (excluding diaryl/α,β-unsaturated/α-hetero) is 1. The minimum atomic E-state index is -0.963. The Kier molecular flexibility index (Phi) is 29.1. The van der Waals surface area contributed by atoms with Crippen molar-refractivity contribution >= 4 is 98.4 Å². The van der Waals surface area contributed by atoms with Gasteiger partial charge in [-0.1, -0.05) is 88.2 Å². The lowest BCUT2D eigenvalue weighted by Gasteiger charge is -2.42. The molecule has 7 atom stereocenters. The largest absolute Gasteiger partial charge is 0.460 e. The Morgan fingerprint density at radius 1 is 0.438 bits per heavy atom. The van der Waals surface area contributed by atoms with E-state index in [1.807, 2.05) is 60.9 Å². The van der Waals surface area contributed by atoms with Crippen molar-refractivity contribution in [3.8, 4) is 0 Å². The van der Waals surface area contributed by atoms with Crippen LogP contribution >= 0.6 is 0 Å². The quantitative estimate of drug-likeness (QED) is 0.0292. The van der Waals surface area contributed by atoms with E-state index >= 15 is 8.78 Å². The highest BCUT2D eigenvalue weighted by Gasteiger charge is 2.43. The molecule has 31 heteroatoms. The molecule has 1 unspecified atom stereocenters. The maximum absolute atomic E-state index is 15.8. The Balaban J connectivity index is 0.000000143. The van der Waals surface area contributed by atoms with Gasteiger partial charge in [0.2, 0.25) is 0 Å². The van der Waals surface area contributed by atoms with Gasteiger partial charge in [0.25, 0.3) is 35.4 Å². The maximum atomic E-state index is 15.8. The summed E-state index contributed by atoms with van der Waals surface area (Å²) in [7, 11) is 0. The summed E-state index contributed by atoms with van der Waals surface area (Å²) in [5, 5.41) is 35.8. The highest BCUT2D eigenvalue weighted by Crippen LogP contribution is 2.45.